The Morgan fingerprint density at radius 3 is 2.95 bits per heavy atom. The minimum atomic E-state index is -0.291. The molecule has 0 unspecified atom stereocenters. The minimum absolute atomic E-state index is 0.277. The van der Waals surface area contributed by atoms with Crippen molar-refractivity contribution in [3.05, 3.63) is 64.2 Å². The normalized spacial score (nSPS) is 10.7. The smallest absolute Gasteiger partial charge is 0.252 e. The van der Waals surface area contributed by atoms with Crippen molar-refractivity contribution in [2.45, 2.75) is 6.54 Å². The lowest BCUT2D eigenvalue weighted by atomic mass is 10.1. The SMILES string of the molecule is Cn1cc(CNC(=O)c2cc(=O)[nH]c3ccccc23)cn1. The number of rotatable bonds is 3. The summed E-state index contributed by atoms with van der Waals surface area (Å²) in [5, 5.41) is 7.57. The number of para-hydroxylation sites is 1. The van der Waals surface area contributed by atoms with Crippen LogP contribution in [-0.2, 0) is 13.6 Å². The molecule has 0 fully saturated rings. The van der Waals surface area contributed by atoms with E-state index in [1.54, 1.807) is 16.9 Å². The Morgan fingerprint density at radius 2 is 2.19 bits per heavy atom. The molecule has 106 valence electrons. The molecule has 1 amide bonds. The number of nitrogens with zero attached hydrogens (tertiary/aromatic N) is 2. The summed E-state index contributed by atoms with van der Waals surface area (Å²) in [5.41, 5.74) is 1.63. The van der Waals surface area contributed by atoms with Crippen molar-refractivity contribution in [2.24, 2.45) is 7.05 Å². The summed E-state index contributed by atoms with van der Waals surface area (Å²) in [5.74, 6) is -0.277. The molecule has 0 aliphatic heterocycles. The largest absolute Gasteiger partial charge is 0.348 e. The number of benzene rings is 1. The Hall–Kier alpha value is -2.89. The lowest BCUT2D eigenvalue weighted by Gasteiger charge is -2.06. The van der Waals surface area contributed by atoms with Gasteiger partial charge >= 0.3 is 0 Å². The molecule has 2 N–H and O–H groups in total. The fraction of sp³-hybridized carbons (Fsp3) is 0.133. The highest BCUT2D eigenvalue weighted by molar-refractivity contribution is 6.05. The van der Waals surface area contributed by atoms with Crippen molar-refractivity contribution < 1.29 is 4.79 Å². The maximum absolute atomic E-state index is 12.3. The zero-order valence-electron chi connectivity index (χ0n) is 11.5. The van der Waals surface area contributed by atoms with Gasteiger partial charge < -0.3 is 10.3 Å². The molecule has 0 atom stereocenters. The molecule has 3 aromatic rings. The number of amides is 1. The molecule has 0 spiro atoms. The molecule has 2 heterocycles. The van der Waals surface area contributed by atoms with Gasteiger partial charge in [0.15, 0.2) is 0 Å². The van der Waals surface area contributed by atoms with Gasteiger partial charge in [-0.1, -0.05) is 18.2 Å². The first-order chi connectivity index (χ1) is 10.1. The van der Waals surface area contributed by atoms with Gasteiger partial charge in [-0.05, 0) is 6.07 Å². The number of H-pyrrole nitrogens is 1. The predicted molar refractivity (Wildman–Crippen MR) is 78.9 cm³/mol. The number of pyridine rings is 1. The molecule has 0 aliphatic carbocycles. The Balaban J connectivity index is 1.89. The van der Waals surface area contributed by atoms with E-state index < -0.39 is 0 Å². The van der Waals surface area contributed by atoms with Crippen LogP contribution in [0.2, 0.25) is 0 Å². The van der Waals surface area contributed by atoms with Crippen molar-refractivity contribution in [1.29, 1.82) is 0 Å². The molecular weight excluding hydrogens is 268 g/mol. The summed E-state index contributed by atoms with van der Waals surface area (Å²) in [6, 6.07) is 8.55. The van der Waals surface area contributed by atoms with E-state index >= 15 is 0 Å². The topological polar surface area (TPSA) is 79.8 Å². The number of carbonyl (C=O) groups excluding carboxylic acids is 1. The van der Waals surface area contributed by atoms with E-state index in [9.17, 15) is 9.59 Å². The molecular formula is C15H14N4O2. The third kappa shape index (κ3) is 2.69. The number of fused-ring (bicyclic) bond motifs is 1. The standard InChI is InChI=1S/C15H14N4O2/c1-19-9-10(8-17-19)7-16-15(21)12-6-14(20)18-13-5-3-2-4-11(12)13/h2-6,8-9H,7H2,1H3,(H,16,21)(H,18,20). The number of nitrogens with one attached hydrogen (secondary N) is 2. The van der Waals surface area contributed by atoms with Crippen LogP contribution in [0.4, 0.5) is 0 Å². The highest BCUT2D eigenvalue weighted by atomic mass is 16.2. The van der Waals surface area contributed by atoms with Crippen LogP contribution in [0.3, 0.4) is 0 Å². The van der Waals surface area contributed by atoms with Gasteiger partial charge in [-0.15, -0.1) is 0 Å². The first-order valence-corrected chi connectivity index (χ1v) is 6.51. The second kappa shape index (κ2) is 5.24. The van der Waals surface area contributed by atoms with Gasteiger partial charge in [0.05, 0.1) is 11.8 Å². The number of aryl methyl sites for hydroxylation is 1. The summed E-state index contributed by atoms with van der Waals surface area (Å²) < 4.78 is 1.67. The van der Waals surface area contributed by atoms with Crippen LogP contribution in [0, 0.1) is 0 Å². The van der Waals surface area contributed by atoms with Crippen LogP contribution < -0.4 is 10.9 Å². The third-order valence-electron chi connectivity index (χ3n) is 3.21. The van der Waals surface area contributed by atoms with Crippen LogP contribution in [-0.4, -0.2) is 20.7 Å². The first kappa shape index (κ1) is 13.1. The fourth-order valence-electron chi connectivity index (χ4n) is 2.23. The van der Waals surface area contributed by atoms with Gasteiger partial charge in [0.1, 0.15) is 0 Å². The third-order valence-corrected chi connectivity index (χ3v) is 3.21. The molecule has 21 heavy (non-hydrogen) atoms. The number of carbonyl (C=O) groups is 1. The number of hydrogen-bond donors (Lipinski definition) is 2. The monoisotopic (exact) mass is 282 g/mol. The van der Waals surface area contributed by atoms with Crippen LogP contribution in [0.25, 0.3) is 10.9 Å². The lowest BCUT2D eigenvalue weighted by molar-refractivity contribution is 0.0952. The average molecular weight is 282 g/mol. The summed E-state index contributed by atoms with van der Waals surface area (Å²) in [4.78, 5) is 26.7. The molecule has 0 saturated heterocycles. The summed E-state index contributed by atoms with van der Waals surface area (Å²) in [6.45, 7) is 0.369. The number of aromatic amines is 1. The fourth-order valence-corrected chi connectivity index (χ4v) is 2.23. The Morgan fingerprint density at radius 1 is 1.38 bits per heavy atom. The predicted octanol–water partition coefficient (Wildman–Crippen LogP) is 1.19. The molecule has 6 nitrogen and oxygen atoms in total. The molecule has 2 aromatic heterocycles. The summed E-state index contributed by atoms with van der Waals surface area (Å²) in [7, 11) is 1.82. The van der Waals surface area contributed by atoms with E-state index in [1.165, 1.54) is 6.07 Å². The quantitative estimate of drug-likeness (QED) is 0.757. The summed E-state index contributed by atoms with van der Waals surface area (Å²) in [6.07, 6.45) is 3.52. The van der Waals surface area contributed by atoms with Crippen molar-refractivity contribution in [3.63, 3.8) is 0 Å². The Bertz CT molecular complexity index is 863. The van der Waals surface area contributed by atoms with E-state index in [-0.39, 0.29) is 11.5 Å². The Kier molecular flexibility index (Phi) is 3.27. The highest BCUT2D eigenvalue weighted by Gasteiger charge is 2.11. The molecule has 0 aliphatic rings. The number of hydrogen-bond acceptors (Lipinski definition) is 3. The minimum Gasteiger partial charge on any atom is -0.348 e. The van der Waals surface area contributed by atoms with Crippen LogP contribution in [0.5, 0.6) is 0 Å². The van der Waals surface area contributed by atoms with Gasteiger partial charge in [0.25, 0.3) is 5.91 Å². The van der Waals surface area contributed by atoms with Crippen LogP contribution in [0.15, 0.2) is 47.5 Å². The van der Waals surface area contributed by atoms with E-state index in [1.807, 2.05) is 31.4 Å². The summed E-state index contributed by atoms with van der Waals surface area (Å²) >= 11 is 0. The van der Waals surface area contributed by atoms with Gasteiger partial charge in [0, 0.05) is 42.3 Å². The van der Waals surface area contributed by atoms with Crippen molar-refractivity contribution >= 4 is 16.8 Å². The molecule has 3 rings (SSSR count). The van der Waals surface area contributed by atoms with Gasteiger partial charge in [-0.3, -0.25) is 14.3 Å². The first-order valence-electron chi connectivity index (χ1n) is 6.51. The maximum atomic E-state index is 12.3. The van der Waals surface area contributed by atoms with Crippen molar-refractivity contribution in [1.82, 2.24) is 20.1 Å². The second-order valence-corrected chi connectivity index (χ2v) is 4.80. The second-order valence-electron chi connectivity index (χ2n) is 4.80. The number of aromatic nitrogens is 3. The zero-order valence-corrected chi connectivity index (χ0v) is 11.5. The average Bonchev–Trinajstić information content (AvgIpc) is 2.89. The molecule has 0 saturated carbocycles. The van der Waals surface area contributed by atoms with E-state index in [4.69, 9.17) is 0 Å². The van der Waals surface area contributed by atoms with Crippen molar-refractivity contribution in [3.8, 4) is 0 Å². The van der Waals surface area contributed by atoms with E-state index in [2.05, 4.69) is 15.4 Å². The molecule has 1 aromatic carbocycles. The molecule has 0 bridgehead atoms. The van der Waals surface area contributed by atoms with Crippen LogP contribution >= 0.6 is 0 Å². The van der Waals surface area contributed by atoms with E-state index in [0.717, 1.165) is 10.9 Å². The van der Waals surface area contributed by atoms with E-state index in [0.29, 0.717) is 17.6 Å². The van der Waals surface area contributed by atoms with Crippen LogP contribution in [0.1, 0.15) is 15.9 Å². The lowest BCUT2D eigenvalue weighted by Crippen LogP contribution is -2.24. The van der Waals surface area contributed by atoms with Gasteiger partial charge in [-0.2, -0.15) is 5.10 Å². The molecule has 6 heteroatoms. The van der Waals surface area contributed by atoms with Gasteiger partial charge in [0.2, 0.25) is 5.56 Å². The molecule has 0 radical (unpaired) electrons. The highest BCUT2D eigenvalue weighted by Crippen LogP contribution is 2.14. The Labute approximate surface area is 120 Å². The van der Waals surface area contributed by atoms with Gasteiger partial charge in [-0.25, -0.2) is 0 Å². The zero-order chi connectivity index (χ0) is 14.8. The van der Waals surface area contributed by atoms with Crippen molar-refractivity contribution in [2.75, 3.05) is 0 Å². The maximum Gasteiger partial charge on any atom is 0.252 e.